The average Bonchev–Trinajstić information content (AvgIpc) is 2.43. The van der Waals surface area contributed by atoms with Gasteiger partial charge in [0.1, 0.15) is 18.8 Å². The molecule has 1 N–H and O–H groups in total. The van der Waals surface area contributed by atoms with Crippen LogP contribution < -0.4 is 5.32 Å². The van der Waals surface area contributed by atoms with Gasteiger partial charge in [0.05, 0.1) is 18.9 Å². The summed E-state index contributed by atoms with van der Waals surface area (Å²) >= 11 is 0. The van der Waals surface area contributed by atoms with Crippen LogP contribution in [0.4, 0.5) is 4.79 Å². The van der Waals surface area contributed by atoms with Crippen LogP contribution in [0.3, 0.4) is 0 Å². The van der Waals surface area contributed by atoms with Crippen LogP contribution in [0.2, 0.25) is 0 Å². The number of hydrogen-bond acceptors (Lipinski definition) is 8. The molecule has 9 heteroatoms. The number of esters is 2. The van der Waals surface area contributed by atoms with E-state index in [0.717, 1.165) is 0 Å². The number of carbonyl (C=O) groups excluding carboxylic acids is 3. The van der Waals surface area contributed by atoms with E-state index < -0.39 is 29.7 Å². The van der Waals surface area contributed by atoms with Crippen LogP contribution in [0.15, 0.2) is 0 Å². The summed E-state index contributed by atoms with van der Waals surface area (Å²) in [6.45, 7) is 6.83. The zero-order valence-electron chi connectivity index (χ0n) is 17.7. The number of ether oxygens (including phenoxy) is 3. The van der Waals surface area contributed by atoms with Crippen LogP contribution in [-0.4, -0.2) is 94.0 Å². The van der Waals surface area contributed by atoms with Gasteiger partial charge >= 0.3 is 18.0 Å². The number of likely N-dealkylation sites (N-methyl/N-ethyl adjacent to an activating group) is 2. The van der Waals surface area contributed by atoms with Crippen molar-refractivity contribution in [1.82, 2.24) is 15.1 Å². The van der Waals surface area contributed by atoms with Crippen molar-refractivity contribution < 1.29 is 28.6 Å². The third-order valence-corrected chi connectivity index (χ3v) is 3.15. The smallest absolute Gasteiger partial charge is 0.407 e. The molecule has 0 fully saturated rings. The molecule has 0 aliphatic heterocycles. The van der Waals surface area contributed by atoms with E-state index in [-0.39, 0.29) is 26.1 Å². The molecule has 158 valence electrons. The fraction of sp³-hybridized carbons (Fsp3) is 0.833. The lowest BCUT2D eigenvalue weighted by Gasteiger charge is -2.23. The normalized spacial score (nSPS) is 11.6. The highest BCUT2D eigenvalue weighted by Gasteiger charge is 2.24. The molecule has 0 radical (unpaired) electrons. The minimum atomic E-state index is -0.765. The topological polar surface area (TPSA) is 97.4 Å². The predicted octanol–water partition coefficient (Wildman–Crippen LogP) is 0.870. The van der Waals surface area contributed by atoms with E-state index in [0.29, 0.717) is 13.1 Å². The Morgan fingerprint density at radius 2 is 1.26 bits per heavy atom. The first-order chi connectivity index (χ1) is 12.4. The van der Waals surface area contributed by atoms with Crippen molar-refractivity contribution in [2.75, 3.05) is 54.5 Å². The van der Waals surface area contributed by atoms with Gasteiger partial charge in [0.2, 0.25) is 0 Å². The summed E-state index contributed by atoms with van der Waals surface area (Å²) in [6, 6.07) is -0.765. The number of rotatable bonds is 11. The SMILES string of the molecule is CN(C)CCOC(=O)CC(CC(=O)OCCN(C)C)NC(=O)OC(C)(C)C. The van der Waals surface area contributed by atoms with Gasteiger partial charge in [-0.05, 0) is 49.0 Å². The van der Waals surface area contributed by atoms with Crippen LogP contribution in [0.1, 0.15) is 33.6 Å². The summed E-state index contributed by atoms with van der Waals surface area (Å²) in [6.07, 6.45) is -0.986. The maximum atomic E-state index is 12.0. The molecule has 0 spiro atoms. The standard InChI is InChI=1S/C18H35N3O6/c1-18(2,3)27-17(24)19-14(12-15(22)25-10-8-20(4)5)13-16(23)26-11-9-21(6)7/h14H,8-13H2,1-7H3,(H,19,24). The Morgan fingerprint density at radius 3 is 1.59 bits per heavy atom. The molecule has 0 aliphatic rings. The molecule has 0 saturated carbocycles. The Morgan fingerprint density at radius 1 is 0.852 bits per heavy atom. The lowest BCUT2D eigenvalue weighted by Crippen LogP contribution is -2.42. The maximum absolute atomic E-state index is 12.0. The van der Waals surface area contributed by atoms with Gasteiger partial charge in [-0.2, -0.15) is 0 Å². The number of alkyl carbamates (subject to hydrolysis) is 1. The lowest BCUT2D eigenvalue weighted by molar-refractivity contribution is -0.146. The highest BCUT2D eigenvalue weighted by molar-refractivity contribution is 5.76. The zero-order chi connectivity index (χ0) is 21.0. The van der Waals surface area contributed by atoms with E-state index in [4.69, 9.17) is 14.2 Å². The molecule has 1 amide bonds. The highest BCUT2D eigenvalue weighted by atomic mass is 16.6. The molecule has 0 aliphatic carbocycles. The average molecular weight is 389 g/mol. The Bertz CT molecular complexity index is 446. The van der Waals surface area contributed by atoms with Crippen molar-refractivity contribution in [2.45, 2.75) is 45.3 Å². The summed E-state index contributed by atoms with van der Waals surface area (Å²) in [5, 5.41) is 2.55. The number of hydrogen-bond donors (Lipinski definition) is 1. The van der Waals surface area contributed by atoms with Gasteiger partial charge in [-0.3, -0.25) is 9.59 Å². The van der Waals surface area contributed by atoms with Gasteiger partial charge in [-0.25, -0.2) is 4.79 Å². The molecule has 0 saturated heterocycles. The molecular formula is C18H35N3O6. The molecular weight excluding hydrogens is 354 g/mol. The van der Waals surface area contributed by atoms with Crippen molar-refractivity contribution >= 4 is 18.0 Å². The van der Waals surface area contributed by atoms with Gasteiger partial charge in [0.25, 0.3) is 0 Å². The van der Waals surface area contributed by atoms with Crippen molar-refractivity contribution in [3.8, 4) is 0 Å². The zero-order valence-corrected chi connectivity index (χ0v) is 17.7. The lowest BCUT2D eigenvalue weighted by atomic mass is 10.1. The fourth-order valence-corrected chi connectivity index (χ4v) is 1.85. The molecule has 0 atom stereocenters. The molecule has 27 heavy (non-hydrogen) atoms. The molecule has 0 aromatic carbocycles. The van der Waals surface area contributed by atoms with E-state index >= 15 is 0 Å². The van der Waals surface area contributed by atoms with Crippen LogP contribution in [0.25, 0.3) is 0 Å². The summed E-state index contributed by atoms with van der Waals surface area (Å²) in [7, 11) is 7.46. The number of amides is 1. The Hall–Kier alpha value is -1.87. The Labute approximate surface area is 162 Å². The summed E-state index contributed by atoms with van der Waals surface area (Å²) in [5.74, 6) is -1.00. The number of nitrogens with zero attached hydrogens (tertiary/aromatic N) is 2. The minimum Gasteiger partial charge on any atom is -0.464 e. The first kappa shape index (κ1) is 25.1. The quantitative estimate of drug-likeness (QED) is 0.411. The van der Waals surface area contributed by atoms with Crippen molar-refractivity contribution in [3.63, 3.8) is 0 Å². The molecule has 0 rings (SSSR count). The minimum absolute atomic E-state index is 0.143. The van der Waals surface area contributed by atoms with Gasteiger partial charge < -0.3 is 29.3 Å². The van der Waals surface area contributed by atoms with E-state index in [2.05, 4.69) is 5.32 Å². The van der Waals surface area contributed by atoms with Crippen LogP contribution in [0.5, 0.6) is 0 Å². The molecule has 0 aromatic rings. The maximum Gasteiger partial charge on any atom is 0.407 e. The van der Waals surface area contributed by atoms with Crippen molar-refractivity contribution in [2.24, 2.45) is 0 Å². The number of nitrogens with one attached hydrogen (secondary N) is 1. The van der Waals surface area contributed by atoms with E-state index in [1.807, 2.05) is 38.0 Å². The predicted molar refractivity (Wildman–Crippen MR) is 101 cm³/mol. The van der Waals surface area contributed by atoms with E-state index in [1.54, 1.807) is 20.8 Å². The van der Waals surface area contributed by atoms with E-state index in [9.17, 15) is 14.4 Å². The van der Waals surface area contributed by atoms with Gasteiger partial charge in [-0.15, -0.1) is 0 Å². The highest BCUT2D eigenvalue weighted by Crippen LogP contribution is 2.09. The molecule has 0 heterocycles. The third kappa shape index (κ3) is 16.1. The molecule has 0 aromatic heterocycles. The molecule has 0 unspecified atom stereocenters. The largest absolute Gasteiger partial charge is 0.464 e. The van der Waals surface area contributed by atoms with Crippen LogP contribution in [-0.2, 0) is 23.8 Å². The monoisotopic (exact) mass is 389 g/mol. The van der Waals surface area contributed by atoms with Crippen molar-refractivity contribution in [1.29, 1.82) is 0 Å². The van der Waals surface area contributed by atoms with E-state index in [1.165, 1.54) is 0 Å². The second-order valence-electron chi connectivity index (χ2n) is 7.80. The molecule has 9 nitrogen and oxygen atoms in total. The third-order valence-electron chi connectivity index (χ3n) is 3.15. The van der Waals surface area contributed by atoms with Gasteiger partial charge in [-0.1, -0.05) is 0 Å². The summed E-state index contributed by atoms with van der Waals surface area (Å²) in [4.78, 5) is 39.7. The summed E-state index contributed by atoms with van der Waals surface area (Å²) in [5.41, 5.74) is -0.687. The Balaban J connectivity index is 4.66. The molecule has 0 bridgehead atoms. The second-order valence-corrected chi connectivity index (χ2v) is 7.80. The second kappa shape index (κ2) is 12.5. The summed E-state index contributed by atoms with van der Waals surface area (Å²) < 4.78 is 15.4. The first-order valence-electron chi connectivity index (χ1n) is 8.99. The van der Waals surface area contributed by atoms with Crippen LogP contribution in [0, 0.1) is 0 Å². The van der Waals surface area contributed by atoms with Crippen molar-refractivity contribution in [3.05, 3.63) is 0 Å². The number of carbonyl (C=O) groups is 3. The van der Waals surface area contributed by atoms with Gasteiger partial charge in [0, 0.05) is 13.1 Å². The first-order valence-corrected chi connectivity index (χ1v) is 8.99. The van der Waals surface area contributed by atoms with Gasteiger partial charge in [0.15, 0.2) is 0 Å². The van der Waals surface area contributed by atoms with Crippen LogP contribution >= 0.6 is 0 Å². The fourth-order valence-electron chi connectivity index (χ4n) is 1.85. The Kier molecular flexibility index (Phi) is 11.6.